The highest BCUT2D eigenvalue weighted by Crippen LogP contribution is 2.44. The van der Waals surface area contributed by atoms with Crippen LogP contribution in [0.3, 0.4) is 0 Å². The summed E-state index contributed by atoms with van der Waals surface area (Å²) in [5.74, 6) is 0.922. The van der Waals surface area contributed by atoms with Crippen LogP contribution in [0.2, 0.25) is 5.02 Å². The summed E-state index contributed by atoms with van der Waals surface area (Å²) in [6.45, 7) is 1.76. The first-order valence-electron chi connectivity index (χ1n) is 6.53. The van der Waals surface area contributed by atoms with Crippen LogP contribution in [-0.2, 0) is 18.6 Å². The van der Waals surface area contributed by atoms with Crippen LogP contribution >= 0.6 is 24.0 Å². The second kappa shape index (κ2) is 4.96. The lowest BCUT2D eigenvalue weighted by Crippen LogP contribution is -2.46. The van der Waals surface area contributed by atoms with E-state index in [2.05, 4.69) is 35.6 Å². The van der Waals surface area contributed by atoms with Crippen molar-refractivity contribution in [1.82, 2.24) is 5.32 Å². The Hall–Kier alpha value is -1.22. The SMILES string of the molecule is Cl.Clc1ccc2c(c1)OC1(CNCc3ccccc31)C2. The van der Waals surface area contributed by atoms with Crippen LogP contribution in [0.1, 0.15) is 16.7 Å². The van der Waals surface area contributed by atoms with E-state index in [9.17, 15) is 0 Å². The first-order chi connectivity index (χ1) is 9.27. The number of halogens is 2. The molecular weight excluding hydrogens is 293 g/mol. The highest BCUT2D eigenvalue weighted by atomic mass is 35.5. The summed E-state index contributed by atoms with van der Waals surface area (Å²) < 4.78 is 6.30. The van der Waals surface area contributed by atoms with Gasteiger partial charge in [0.15, 0.2) is 5.60 Å². The summed E-state index contributed by atoms with van der Waals surface area (Å²) in [6, 6.07) is 14.5. The van der Waals surface area contributed by atoms with E-state index in [1.807, 2.05) is 12.1 Å². The van der Waals surface area contributed by atoms with Gasteiger partial charge in [0, 0.05) is 30.1 Å². The van der Waals surface area contributed by atoms with E-state index in [-0.39, 0.29) is 18.0 Å². The van der Waals surface area contributed by atoms with Crippen LogP contribution in [0.25, 0.3) is 0 Å². The Morgan fingerprint density at radius 1 is 1.10 bits per heavy atom. The summed E-state index contributed by atoms with van der Waals surface area (Å²) in [5.41, 5.74) is 3.61. The van der Waals surface area contributed by atoms with Crippen LogP contribution in [-0.4, -0.2) is 6.54 Å². The van der Waals surface area contributed by atoms with Crippen LogP contribution in [0.15, 0.2) is 42.5 Å². The summed E-state index contributed by atoms with van der Waals surface area (Å²) in [6.07, 6.45) is 0.906. The molecule has 0 bridgehead atoms. The van der Waals surface area contributed by atoms with Gasteiger partial charge in [0.1, 0.15) is 5.75 Å². The van der Waals surface area contributed by atoms with Crippen LogP contribution in [0.5, 0.6) is 5.75 Å². The summed E-state index contributed by atoms with van der Waals surface area (Å²) in [5, 5.41) is 4.19. The average Bonchev–Trinajstić information content (AvgIpc) is 2.77. The van der Waals surface area contributed by atoms with Crippen molar-refractivity contribution in [2.45, 2.75) is 18.6 Å². The lowest BCUT2D eigenvalue weighted by molar-refractivity contribution is 0.0827. The molecule has 4 heteroatoms. The maximum Gasteiger partial charge on any atom is 0.151 e. The molecule has 0 aliphatic carbocycles. The predicted octanol–water partition coefficient (Wildman–Crippen LogP) is 3.70. The van der Waals surface area contributed by atoms with Crippen molar-refractivity contribution in [2.75, 3.05) is 6.54 Å². The monoisotopic (exact) mass is 307 g/mol. The van der Waals surface area contributed by atoms with E-state index < -0.39 is 0 Å². The molecule has 0 saturated carbocycles. The topological polar surface area (TPSA) is 21.3 Å². The molecule has 1 unspecified atom stereocenters. The number of rotatable bonds is 0. The Morgan fingerprint density at radius 3 is 2.85 bits per heavy atom. The molecule has 20 heavy (non-hydrogen) atoms. The molecule has 2 aromatic rings. The maximum atomic E-state index is 6.30. The molecular formula is C16H15Cl2NO. The third-order valence-electron chi connectivity index (χ3n) is 4.04. The molecule has 0 amide bonds. The molecule has 2 nitrogen and oxygen atoms in total. The zero-order valence-corrected chi connectivity index (χ0v) is 12.4. The molecule has 0 saturated heterocycles. The lowest BCUT2D eigenvalue weighted by atomic mass is 9.83. The van der Waals surface area contributed by atoms with Crippen molar-refractivity contribution in [2.24, 2.45) is 0 Å². The zero-order chi connectivity index (χ0) is 12.9. The van der Waals surface area contributed by atoms with Gasteiger partial charge in [-0.05, 0) is 23.3 Å². The molecule has 4 rings (SSSR count). The van der Waals surface area contributed by atoms with Gasteiger partial charge in [0.05, 0.1) is 0 Å². The van der Waals surface area contributed by atoms with Crippen molar-refractivity contribution in [3.8, 4) is 5.75 Å². The highest BCUT2D eigenvalue weighted by molar-refractivity contribution is 6.30. The molecule has 0 fully saturated rings. The predicted molar refractivity (Wildman–Crippen MR) is 82.9 cm³/mol. The van der Waals surface area contributed by atoms with Gasteiger partial charge in [-0.1, -0.05) is 41.9 Å². The van der Waals surface area contributed by atoms with Crippen molar-refractivity contribution in [3.63, 3.8) is 0 Å². The third kappa shape index (κ3) is 1.99. The Morgan fingerprint density at radius 2 is 1.95 bits per heavy atom. The van der Waals surface area contributed by atoms with Crippen molar-refractivity contribution in [1.29, 1.82) is 0 Å². The third-order valence-corrected chi connectivity index (χ3v) is 4.28. The number of fused-ring (bicyclic) bond motifs is 3. The summed E-state index contributed by atoms with van der Waals surface area (Å²) in [4.78, 5) is 0. The quantitative estimate of drug-likeness (QED) is 0.801. The molecule has 0 radical (unpaired) electrons. The van der Waals surface area contributed by atoms with Gasteiger partial charge < -0.3 is 10.1 Å². The first kappa shape index (κ1) is 13.7. The Bertz CT molecular complexity index is 659. The Labute approximate surface area is 129 Å². The molecule has 1 N–H and O–H groups in total. The number of nitrogens with one attached hydrogen (secondary N) is 1. The smallest absolute Gasteiger partial charge is 0.151 e. The first-order valence-corrected chi connectivity index (χ1v) is 6.91. The average molecular weight is 308 g/mol. The second-order valence-electron chi connectivity index (χ2n) is 5.29. The van der Waals surface area contributed by atoms with Gasteiger partial charge in [0.25, 0.3) is 0 Å². The normalized spacial score (nSPS) is 22.6. The largest absolute Gasteiger partial charge is 0.481 e. The van der Waals surface area contributed by atoms with E-state index in [1.54, 1.807) is 0 Å². The van der Waals surface area contributed by atoms with Crippen LogP contribution in [0.4, 0.5) is 0 Å². The minimum absolute atomic E-state index is 0. The molecule has 1 spiro atoms. The maximum absolute atomic E-state index is 6.30. The van der Waals surface area contributed by atoms with E-state index in [0.717, 1.165) is 30.3 Å². The Balaban J connectivity index is 0.00000121. The number of hydrogen-bond donors (Lipinski definition) is 1. The Kier molecular flexibility index (Phi) is 3.41. The molecule has 104 valence electrons. The number of benzene rings is 2. The van der Waals surface area contributed by atoms with Gasteiger partial charge in [0.2, 0.25) is 0 Å². The van der Waals surface area contributed by atoms with E-state index >= 15 is 0 Å². The van der Waals surface area contributed by atoms with Crippen LogP contribution < -0.4 is 10.1 Å². The van der Waals surface area contributed by atoms with Gasteiger partial charge in [-0.15, -0.1) is 12.4 Å². The van der Waals surface area contributed by atoms with Gasteiger partial charge >= 0.3 is 0 Å². The summed E-state index contributed by atoms with van der Waals surface area (Å²) in [7, 11) is 0. The number of hydrogen-bond acceptors (Lipinski definition) is 2. The van der Waals surface area contributed by atoms with Crippen molar-refractivity contribution < 1.29 is 4.74 Å². The van der Waals surface area contributed by atoms with Gasteiger partial charge in [-0.25, -0.2) is 0 Å². The molecule has 2 aromatic carbocycles. The zero-order valence-electron chi connectivity index (χ0n) is 10.9. The minimum atomic E-state index is -0.262. The highest BCUT2D eigenvalue weighted by Gasteiger charge is 2.43. The molecule has 2 aliphatic heterocycles. The standard InChI is InChI=1S/C16H14ClNO.ClH/c17-13-6-5-11-8-16(19-15(11)7-13)10-18-9-12-3-1-2-4-14(12)16;/h1-7,18H,8-10H2;1H. The summed E-state index contributed by atoms with van der Waals surface area (Å²) >= 11 is 6.06. The van der Waals surface area contributed by atoms with Crippen LogP contribution in [0, 0.1) is 0 Å². The van der Waals surface area contributed by atoms with E-state index in [4.69, 9.17) is 16.3 Å². The number of ether oxygens (including phenoxy) is 1. The fourth-order valence-corrected chi connectivity index (χ4v) is 3.35. The molecule has 2 aliphatic rings. The molecule has 0 aromatic heterocycles. The van der Waals surface area contributed by atoms with Crippen molar-refractivity contribution in [3.05, 3.63) is 64.2 Å². The van der Waals surface area contributed by atoms with E-state index in [1.165, 1.54) is 16.7 Å². The fourth-order valence-electron chi connectivity index (χ4n) is 3.19. The molecule has 1 atom stereocenters. The fraction of sp³-hybridized carbons (Fsp3) is 0.250. The molecule has 2 heterocycles. The minimum Gasteiger partial charge on any atom is -0.481 e. The van der Waals surface area contributed by atoms with Gasteiger partial charge in [-0.2, -0.15) is 0 Å². The van der Waals surface area contributed by atoms with Gasteiger partial charge in [-0.3, -0.25) is 0 Å². The van der Waals surface area contributed by atoms with Crippen molar-refractivity contribution >= 4 is 24.0 Å². The second-order valence-corrected chi connectivity index (χ2v) is 5.72. The lowest BCUT2D eigenvalue weighted by Gasteiger charge is -2.35. The van der Waals surface area contributed by atoms with E-state index in [0.29, 0.717) is 0 Å².